The van der Waals surface area contributed by atoms with Gasteiger partial charge in [-0.3, -0.25) is 9.79 Å². The quantitative estimate of drug-likeness (QED) is 0.247. The van der Waals surface area contributed by atoms with Crippen LogP contribution in [0.15, 0.2) is 23.2 Å². The summed E-state index contributed by atoms with van der Waals surface area (Å²) in [5.41, 5.74) is 0.486. The van der Waals surface area contributed by atoms with Crippen LogP contribution in [0.3, 0.4) is 0 Å². The molecule has 0 saturated carbocycles. The summed E-state index contributed by atoms with van der Waals surface area (Å²) in [6.07, 6.45) is 2.22. The van der Waals surface area contributed by atoms with E-state index in [1.165, 1.54) is 0 Å². The van der Waals surface area contributed by atoms with Gasteiger partial charge in [-0.1, -0.05) is 36.5 Å². The van der Waals surface area contributed by atoms with Crippen molar-refractivity contribution in [1.82, 2.24) is 16.0 Å². The standard InChI is InChI=1S/C15H22Cl2N4O.HI/c1-3-4-7-20-15(18-2)21-9-8-19-14(22)11-5-6-12(16)13(17)10-11;/h5-6,10H,3-4,7-9H2,1-2H3,(H,19,22)(H2,18,20,21);1H. The van der Waals surface area contributed by atoms with E-state index >= 15 is 0 Å². The van der Waals surface area contributed by atoms with Crippen LogP contribution in [0.2, 0.25) is 10.0 Å². The van der Waals surface area contributed by atoms with Gasteiger partial charge in [0, 0.05) is 32.2 Å². The number of unbranched alkanes of at least 4 members (excludes halogenated alkanes) is 1. The predicted octanol–water partition coefficient (Wildman–Crippen LogP) is 3.31. The number of guanidine groups is 1. The second kappa shape index (κ2) is 12.7. The number of amides is 1. The van der Waals surface area contributed by atoms with Crippen molar-refractivity contribution in [2.75, 3.05) is 26.7 Å². The van der Waals surface area contributed by atoms with Crippen LogP contribution in [-0.4, -0.2) is 38.5 Å². The smallest absolute Gasteiger partial charge is 0.251 e. The van der Waals surface area contributed by atoms with Crippen molar-refractivity contribution in [3.8, 4) is 0 Å². The Balaban J connectivity index is 0.00000484. The fourth-order valence-corrected chi connectivity index (χ4v) is 2.00. The van der Waals surface area contributed by atoms with Crippen molar-refractivity contribution in [2.24, 2.45) is 4.99 Å². The summed E-state index contributed by atoms with van der Waals surface area (Å²) in [5.74, 6) is 0.548. The third-order valence-corrected chi connectivity index (χ3v) is 3.67. The third kappa shape index (κ3) is 8.62. The Labute approximate surface area is 164 Å². The van der Waals surface area contributed by atoms with Gasteiger partial charge in [0.2, 0.25) is 0 Å². The third-order valence-electron chi connectivity index (χ3n) is 2.93. The van der Waals surface area contributed by atoms with Gasteiger partial charge in [0.25, 0.3) is 5.91 Å². The first-order valence-electron chi connectivity index (χ1n) is 7.26. The number of benzene rings is 1. The number of aliphatic imine (C=N–C) groups is 1. The molecule has 0 unspecified atom stereocenters. The first kappa shape index (κ1) is 22.3. The number of carbonyl (C=O) groups is 1. The van der Waals surface area contributed by atoms with Crippen LogP contribution in [0.25, 0.3) is 0 Å². The molecule has 1 rings (SSSR count). The van der Waals surface area contributed by atoms with E-state index in [1.807, 2.05) is 0 Å². The maximum atomic E-state index is 11.9. The highest BCUT2D eigenvalue weighted by molar-refractivity contribution is 14.0. The average molecular weight is 473 g/mol. The van der Waals surface area contributed by atoms with Gasteiger partial charge in [0.05, 0.1) is 10.0 Å². The molecule has 8 heteroatoms. The first-order chi connectivity index (χ1) is 10.6. The number of halogens is 3. The number of hydrogen-bond donors (Lipinski definition) is 3. The molecule has 0 bridgehead atoms. The highest BCUT2D eigenvalue weighted by atomic mass is 127. The van der Waals surface area contributed by atoms with Crippen molar-refractivity contribution in [2.45, 2.75) is 19.8 Å². The van der Waals surface area contributed by atoms with Gasteiger partial charge in [-0.05, 0) is 24.6 Å². The van der Waals surface area contributed by atoms with Gasteiger partial charge in [-0.15, -0.1) is 24.0 Å². The van der Waals surface area contributed by atoms with Crippen molar-refractivity contribution >= 4 is 59.0 Å². The Morgan fingerprint density at radius 2 is 1.74 bits per heavy atom. The Kier molecular flexibility index (Phi) is 12.3. The molecule has 0 fully saturated rings. The zero-order valence-corrected chi connectivity index (χ0v) is 17.1. The number of nitrogens with zero attached hydrogens (tertiary/aromatic N) is 1. The summed E-state index contributed by atoms with van der Waals surface area (Å²) < 4.78 is 0. The molecular formula is C15H23Cl2IN4O. The summed E-state index contributed by atoms with van der Waals surface area (Å²) in [4.78, 5) is 16.1. The highest BCUT2D eigenvalue weighted by Gasteiger charge is 2.07. The summed E-state index contributed by atoms with van der Waals surface area (Å²) in [7, 11) is 1.72. The molecule has 1 amide bonds. The highest BCUT2D eigenvalue weighted by Crippen LogP contribution is 2.22. The van der Waals surface area contributed by atoms with E-state index in [9.17, 15) is 4.79 Å². The Morgan fingerprint density at radius 3 is 2.35 bits per heavy atom. The molecular weight excluding hydrogens is 450 g/mol. The molecule has 0 aromatic heterocycles. The normalized spacial score (nSPS) is 10.7. The lowest BCUT2D eigenvalue weighted by atomic mass is 10.2. The summed E-state index contributed by atoms with van der Waals surface area (Å²) >= 11 is 11.7. The number of rotatable bonds is 7. The molecule has 1 aromatic carbocycles. The maximum Gasteiger partial charge on any atom is 0.251 e. The molecule has 1 aromatic rings. The number of carbonyl (C=O) groups excluding carboxylic acids is 1. The molecule has 0 saturated heterocycles. The lowest BCUT2D eigenvalue weighted by Crippen LogP contribution is -2.41. The van der Waals surface area contributed by atoms with E-state index in [4.69, 9.17) is 23.2 Å². The number of nitrogens with one attached hydrogen (secondary N) is 3. The summed E-state index contributed by atoms with van der Waals surface area (Å²) in [6, 6.07) is 4.80. The predicted molar refractivity (Wildman–Crippen MR) is 108 cm³/mol. The summed E-state index contributed by atoms with van der Waals surface area (Å²) in [6.45, 7) is 4.08. The van der Waals surface area contributed by atoms with Crippen molar-refractivity contribution in [3.05, 3.63) is 33.8 Å². The minimum absolute atomic E-state index is 0. The van der Waals surface area contributed by atoms with Crippen molar-refractivity contribution in [3.63, 3.8) is 0 Å². The van der Waals surface area contributed by atoms with E-state index in [0.717, 1.165) is 25.3 Å². The van der Waals surface area contributed by atoms with Crippen LogP contribution in [0, 0.1) is 0 Å². The molecule has 23 heavy (non-hydrogen) atoms. The van der Waals surface area contributed by atoms with Crippen LogP contribution >= 0.6 is 47.2 Å². The van der Waals surface area contributed by atoms with Crippen LogP contribution in [0.5, 0.6) is 0 Å². The van der Waals surface area contributed by atoms with E-state index in [1.54, 1.807) is 25.2 Å². The number of hydrogen-bond acceptors (Lipinski definition) is 2. The van der Waals surface area contributed by atoms with Gasteiger partial charge < -0.3 is 16.0 Å². The molecule has 0 spiro atoms. The van der Waals surface area contributed by atoms with Gasteiger partial charge in [0.15, 0.2) is 5.96 Å². The first-order valence-corrected chi connectivity index (χ1v) is 8.01. The molecule has 0 aliphatic carbocycles. The Morgan fingerprint density at radius 1 is 1.09 bits per heavy atom. The largest absolute Gasteiger partial charge is 0.356 e. The molecule has 0 atom stereocenters. The van der Waals surface area contributed by atoms with Crippen LogP contribution in [0.1, 0.15) is 30.1 Å². The van der Waals surface area contributed by atoms with E-state index in [0.29, 0.717) is 28.7 Å². The Bertz CT molecular complexity index is 526. The van der Waals surface area contributed by atoms with Crippen LogP contribution in [-0.2, 0) is 0 Å². The summed E-state index contributed by atoms with van der Waals surface area (Å²) in [5, 5.41) is 9.94. The molecule has 3 N–H and O–H groups in total. The van der Waals surface area contributed by atoms with E-state index in [-0.39, 0.29) is 29.9 Å². The zero-order valence-electron chi connectivity index (χ0n) is 13.3. The Hall–Kier alpha value is -0.730. The molecule has 0 radical (unpaired) electrons. The SMILES string of the molecule is CCCCNC(=NC)NCCNC(=O)c1ccc(Cl)c(Cl)c1.I. The minimum atomic E-state index is -0.186. The van der Waals surface area contributed by atoms with Gasteiger partial charge >= 0.3 is 0 Å². The monoisotopic (exact) mass is 472 g/mol. The van der Waals surface area contributed by atoms with Crippen LogP contribution in [0.4, 0.5) is 0 Å². The molecule has 5 nitrogen and oxygen atoms in total. The van der Waals surface area contributed by atoms with Gasteiger partial charge in [-0.25, -0.2) is 0 Å². The second-order valence-corrected chi connectivity index (χ2v) is 5.48. The fourth-order valence-electron chi connectivity index (χ4n) is 1.70. The fraction of sp³-hybridized carbons (Fsp3) is 0.467. The molecule has 130 valence electrons. The van der Waals surface area contributed by atoms with Crippen molar-refractivity contribution in [1.29, 1.82) is 0 Å². The van der Waals surface area contributed by atoms with Crippen LogP contribution < -0.4 is 16.0 Å². The molecule has 0 aliphatic rings. The topological polar surface area (TPSA) is 65.5 Å². The lowest BCUT2D eigenvalue weighted by molar-refractivity contribution is 0.0954. The van der Waals surface area contributed by atoms with Crippen molar-refractivity contribution < 1.29 is 4.79 Å². The minimum Gasteiger partial charge on any atom is -0.356 e. The average Bonchev–Trinajstić information content (AvgIpc) is 2.52. The van der Waals surface area contributed by atoms with E-state index < -0.39 is 0 Å². The zero-order chi connectivity index (χ0) is 16.4. The van der Waals surface area contributed by atoms with Gasteiger partial charge in [0.1, 0.15) is 0 Å². The molecule has 0 aliphatic heterocycles. The second-order valence-electron chi connectivity index (χ2n) is 4.66. The van der Waals surface area contributed by atoms with Gasteiger partial charge in [-0.2, -0.15) is 0 Å². The molecule has 0 heterocycles. The van der Waals surface area contributed by atoms with E-state index in [2.05, 4.69) is 27.9 Å². The lowest BCUT2D eigenvalue weighted by Gasteiger charge is -2.12. The maximum absolute atomic E-state index is 11.9.